The molecule has 0 bridgehead atoms. The monoisotopic (exact) mass is 270 g/mol. The van der Waals surface area contributed by atoms with Crippen molar-refractivity contribution in [2.24, 2.45) is 0 Å². The van der Waals surface area contributed by atoms with Gasteiger partial charge in [0.15, 0.2) is 0 Å². The Kier molecular flexibility index (Phi) is 3.49. The predicted molar refractivity (Wildman–Crippen MR) is 51.6 cm³/mol. The number of aromatic carboxylic acids is 1. The van der Waals surface area contributed by atoms with E-state index in [2.05, 4.69) is 0 Å². The maximum atomic E-state index is 12.2. The molecule has 0 unspecified atom stereocenters. The van der Waals surface area contributed by atoms with Gasteiger partial charge in [0.25, 0.3) is 0 Å². The van der Waals surface area contributed by atoms with Crippen LogP contribution in [0.25, 0.3) is 0 Å². The van der Waals surface area contributed by atoms with E-state index in [1.165, 1.54) is 0 Å². The van der Waals surface area contributed by atoms with Crippen LogP contribution in [0.5, 0.6) is 0 Å². The molecule has 1 aromatic rings. The van der Waals surface area contributed by atoms with Crippen LogP contribution in [0.15, 0.2) is 23.1 Å². The average Bonchev–Trinajstić information content (AvgIpc) is 2.16. The first-order chi connectivity index (χ1) is 7.25. The fourth-order valence-electron chi connectivity index (χ4n) is 0.953. The first kappa shape index (κ1) is 12.9. The van der Waals surface area contributed by atoms with Gasteiger partial charge in [-0.05, 0) is 18.2 Å². The molecule has 0 aliphatic carbocycles. The van der Waals surface area contributed by atoms with Gasteiger partial charge in [0, 0.05) is 5.02 Å². The summed E-state index contributed by atoms with van der Waals surface area (Å²) < 4.78 is 46.5. The molecule has 1 rings (SSSR count). The molecule has 0 fully saturated rings. The highest BCUT2D eigenvalue weighted by Gasteiger charge is 2.27. The smallest absolute Gasteiger partial charge is 0.341 e. The summed E-state index contributed by atoms with van der Waals surface area (Å²) in [6.45, 7) is 0. The Bertz CT molecular complexity index is 527. The SMILES string of the molecule is O=C(O)c1cc(Cl)cc(S(=O)(=O)C(F)F)c1. The fourth-order valence-corrected chi connectivity index (χ4v) is 2.04. The number of halogens is 3. The van der Waals surface area contributed by atoms with Gasteiger partial charge in [0.1, 0.15) is 0 Å². The molecule has 16 heavy (non-hydrogen) atoms. The normalized spacial score (nSPS) is 11.8. The van der Waals surface area contributed by atoms with E-state index >= 15 is 0 Å². The minimum absolute atomic E-state index is 0.237. The van der Waals surface area contributed by atoms with Gasteiger partial charge in [-0.2, -0.15) is 8.78 Å². The van der Waals surface area contributed by atoms with Gasteiger partial charge in [-0.1, -0.05) is 11.6 Å². The van der Waals surface area contributed by atoms with E-state index in [1.54, 1.807) is 0 Å². The molecule has 1 aromatic carbocycles. The topological polar surface area (TPSA) is 71.4 Å². The Morgan fingerprint density at radius 3 is 2.31 bits per heavy atom. The Morgan fingerprint density at radius 1 is 1.31 bits per heavy atom. The van der Waals surface area contributed by atoms with Crippen LogP contribution in [0, 0.1) is 0 Å². The lowest BCUT2D eigenvalue weighted by Gasteiger charge is -2.04. The molecule has 0 spiro atoms. The Balaban J connectivity index is 3.42. The number of sulfone groups is 1. The third-order valence-corrected chi connectivity index (χ3v) is 3.26. The molecule has 0 amide bonds. The molecule has 1 N–H and O–H groups in total. The maximum absolute atomic E-state index is 12.2. The zero-order valence-electron chi connectivity index (χ0n) is 7.52. The second kappa shape index (κ2) is 4.34. The van der Waals surface area contributed by atoms with Crippen molar-refractivity contribution in [1.29, 1.82) is 0 Å². The van der Waals surface area contributed by atoms with Crippen LogP contribution >= 0.6 is 11.6 Å². The van der Waals surface area contributed by atoms with E-state index < -0.39 is 32.0 Å². The summed E-state index contributed by atoms with van der Waals surface area (Å²) in [5, 5.41) is 8.36. The highest BCUT2D eigenvalue weighted by Crippen LogP contribution is 2.23. The van der Waals surface area contributed by atoms with Crippen LogP contribution in [0.2, 0.25) is 5.02 Å². The number of hydrogen-bond acceptors (Lipinski definition) is 3. The molecule has 0 atom stereocenters. The summed E-state index contributed by atoms with van der Waals surface area (Å²) in [6, 6.07) is 2.37. The van der Waals surface area contributed by atoms with Gasteiger partial charge in [-0.3, -0.25) is 0 Å². The molecule has 0 saturated carbocycles. The zero-order chi connectivity index (χ0) is 12.5. The summed E-state index contributed by atoms with van der Waals surface area (Å²) in [5.74, 6) is -5.07. The van der Waals surface area contributed by atoms with Gasteiger partial charge in [-0.25, -0.2) is 13.2 Å². The average molecular weight is 271 g/mol. The maximum Gasteiger partial charge on any atom is 0.341 e. The van der Waals surface area contributed by atoms with Crippen molar-refractivity contribution < 1.29 is 27.1 Å². The Hall–Kier alpha value is -1.21. The second-order valence-corrected chi connectivity index (χ2v) is 5.14. The number of rotatable bonds is 3. The van der Waals surface area contributed by atoms with E-state index in [1.807, 2.05) is 0 Å². The van der Waals surface area contributed by atoms with Crippen molar-refractivity contribution in [3.05, 3.63) is 28.8 Å². The van der Waals surface area contributed by atoms with E-state index in [4.69, 9.17) is 16.7 Å². The van der Waals surface area contributed by atoms with Crippen molar-refractivity contribution in [3.63, 3.8) is 0 Å². The standard InChI is InChI=1S/C8H5ClF2O4S/c9-5-1-4(7(12)13)2-6(3-5)16(14,15)8(10)11/h1-3,8H,(H,12,13). The van der Waals surface area contributed by atoms with Crippen LogP contribution in [-0.4, -0.2) is 25.3 Å². The first-order valence-electron chi connectivity index (χ1n) is 3.81. The van der Waals surface area contributed by atoms with Crippen molar-refractivity contribution >= 4 is 27.4 Å². The lowest BCUT2D eigenvalue weighted by atomic mass is 10.2. The highest BCUT2D eigenvalue weighted by molar-refractivity contribution is 7.91. The van der Waals surface area contributed by atoms with Crippen LogP contribution in [0.1, 0.15) is 10.4 Å². The van der Waals surface area contributed by atoms with Gasteiger partial charge < -0.3 is 5.11 Å². The largest absolute Gasteiger partial charge is 0.478 e. The predicted octanol–water partition coefficient (Wildman–Crippen LogP) is 2.03. The van der Waals surface area contributed by atoms with Gasteiger partial charge in [0.05, 0.1) is 10.5 Å². The molecule has 0 saturated heterocycles. The van der Waals surface area contributed by atoms with Crippen LogP contribution < -0.4 is 0 Å². The van der Waals surface area contributed by atoms with E-state index in [0.717, 1.165) is 12.1 Å². The molecular formula is C8H5ClF2O4S. The van der Waals surface area contributed by atoms with Crippen LogP contribution in [0.4, 0.5) is 8.78 Å². The van der Waals surface area contributed by atoms with Crippen molar-refractivity contribution in [2.75, 3.05) is 0 Å². The van der Waals surface area contributed by atoms with Gasteiger partial charge in [-0.15, -0.1) is 0 Å². The molecule has 0 aliphatic heterocycles. The lowest BCUT2D eigenvalue weighted by Crippen LogP contribution is -2.12. The molecule has 0 aromatic heterocycles. The van der Waals surface area contributed by atoms with Crippen molar-refractivity contribution in [3.8, 4) is 0 Å². The van der Waals surface area contributed by atoms with Crippen molar-refractivity contribution in [1.82, 2.24) is 0 Å². The number of carbonyl (C=O) groups is 1. The molecule has 8 heteroatoms. The number of carboxylic acids is 1. The van der Waals surface area contributed by atoms with E-state index in [0.29, 0.717) is 6.07 Å². The van der Waals surface area contributed by atoms with Gasteiger partial charge >= 0.3 is 11.7 Å². The number of carboxylic acid groups (broad SMARTS) is 1. The summed E-state index contributed by atoms with van der Waals surface area (Å²) in [5.41, 5.74) is -0.466. The van der Waals surface area contributed by atoms with Gasteiger partial charge in [0.2, 0.25) is 9.84 Å². The van der Waals surface area contributed by atoms with Crippen LogP contribution in [0.3, 0.4) is 0 Å². The minimum Gasteiger partial charge on any atom is -0.478 e. The second-order valence-electron chi connectivity index (χ2n) is 2.79. The number of benzene rings is 1. The minimum atomic E-state index is -4.84. The third kappa shape index (κ3) is 2.48. The zero-order valence-corrected chi connectivity index (χ0v) is 9.10. The van der Waals surface area contributed by atoms with Crippen LogP contribution in [-0.2, 0) is 9.84 Å². The van der Waals surface area contributed by atoms with E-state index in [-0.39, 0.29) is 5.02 Å². The number of alkyl halides is 2. The molecule has 0 heterocycles. The molecular weight excluding hydrogens is 266 g/mol. The highest BCUT2D eigenvalue weighted by atomic mass is 35.5. The quantitative estimate of drug-likeness (QED) is 0.912. The summed E-state index contributed by atoms with van der Waals surface area (Å²) >= 11 is 5.43. The lowest BCUT2D eigenvalue weighted by molar-refractivity contribution is 0.0696. The fraction of sp³-hybridized carbons (Fsp3) is 0.125. The summed E-state index contributed by atoms with van der Waals surface area (Å²) in [4.78, 5) is 9.75. The molecule has 4 nitrogen and oxygen atoms in total. The van der Waals surface area contributed by atoms with E-state index in [9.17, 15) is 22.0 Å². The third-order valence-electron chi connectivity index (χ3n) is 1.68. The summed E-state index contributed by atoms with van der Waals surface area (Å²) in [6.07, 6.45) is 0. The first-order valence-corrected chi connectivity index (χ1v) is 5.73. The summed E-state index contributed by atoms with van der Waals surface area (Å²) in [7, 11) is -4.84. The molecule has 0 radical (unpaired) electrons. The van der Waals surface area contributed by atoms with Crippen molar-refractivity contribution in [2.45, 2.75) is 10.7 Å². The molecule has 0 aliphatic rings. The Labute approximate surface area is 94.4 Å². The number of hydrogen-bond donors (Lipinski definition) is 1. The molecule has 88 valence electrons. The Morgan fingerprint density at radius 2 is 1.88 bits per heavy atom.